The molecule has 0 aliphatic carbocycles. The molecule has 12 heteroatoms. The zero-order valence-corrected chi connectivity index (χ0v) is 26.6. The van der Waals surface area contributed by atoms with Crippen molar-refractivity contribution in [2.75, 3.05) is 23.7 Å². The van der Waals surface area contributed by atoms with E-state index in [-0.39, 0.29) is 17.1 Å². The molecule has 1 aliphatic rings. The molecule has 5 aromatic rings. The lowest BCUT2D eigenvalue weighted by atomic mass is 9.98. The van der Waals surface area contributed by atoms with Gasteiger partial charge in [-0.3, -0.25) is 14.9 Å². The van der Waals surface area contributed by atoms with Gasteiger partial charge in [-0.25, -0.2) is 9.07 Å². The summed E-state index contributed by atoms with van der Waals surface area (Å²) in [6.45, 7) is 8.73. The highest BCUT2D eigenvalue weighted by Crippen LogP contribution is 2.38. The number of pyridine rings is 2. The fraction of sp³-hybridized carbons (Fsp3) is 0.303. The summed E-state index contributed by atoms with van der Waals surface area (Å²) in [6.07, 6.45) is 8.05. The van der Waals surface area contributed by atoms with Crippen molar-refractivity contribution in [1.29, 1.82) is 5.26 Å². The van der Waals surface area contributed by atoms with Crippen LogP contribution in [0.2, 0.25) is 10.0 Å². The molecular weight excluding hydrogens is 612 g/mol. The number of aromatic nitrogens is 5. The van der Waals surface area contributed by atoms with Crippen LogP contribution in [0.3, 0.4) is 0 Å². The van der Waals surface area contributed by atoms with Crippen LogP contribution in [0.5, 0.6) is 0 Å². The largest absolute Gasteiger partial charge is 0.371 e. The van der Waals surface area contributed by atoms with Crippen molar-refractivity contribution in [2.24, 2.45) is 0 Å². The molecule has 1 fully saturated rings. The summed E-state index contributed by atoms with van der Waals surface area (Å²) in [4.78, 5) is 11.0. The van der Waals surface area contributed by atoms with E-state index in [1.807, 2.05) is 35.1 Å². The standard InChI is InChI=1S/C33H32Cl2FN9/c1-33(2,3)44-10-8-26(9-11-44)45-19-29(42-43-45)31(20-4-6-22(34)7-5-20)41-28-13-23(35)12-27-30(21(15-37)16-39-32(27)28)40-25-14-24(36)17-38-18-25/h4-7,12-14,16-19,26,31,41H,8-11H2,1-3H3,(H,39,40)/t31-/m0/s1. The van der Waals surface area contributed by atoms with Gasteiger partial charge in [0, 0.05) is 46.3 Å². The Kier molecular flexibility index (Phi) is 8.60. The van der Waals surface area contributed by atoms with Gasteiger partial charge in [0.1, 0.15) is 17.6 Å². The smallest absolute Gasteiger partial charge is 0.143 e. The third-order valence-corrected chi connectivity index (χ3v) is 8.62. The average molecular weight is 645 g/mol. The predicted octanol–water partition coefficient (Wildman–Crippen LogP) is 7.92. The fourth-order valence-corrected chi connectivity index (χ4v) is 6.11. The number of hydrogen-bond donors (Lipinski definition) is 2. The normalized spacial score (nSPS) is 15.1. The van der Waals surface area contributed by atoms with Gasteiger partial charge in [0.2, 0.25) is 0 Å². The minimum absolute atomic E-state index is 0.132. The van der Waals surface area contributed by atoms with E-state index in [1.165, 1.54) is 18.5 Å². The van der Waals surface area contributed by atoms with Crippen LogP contribution in [-0.2, 0) is 0 Å². The van der Waals surface area contributed by atoms with Crippen LogP contribution in [-0.4, -0.2) is 48.5 Å². The minimum Gasteiger partial charge on any atom is -0.371 e. The van der Waals surface area contributed by atoms with Crippen LogP contribution >= 0.6 is 23.2 Å². The number of halogens is 3. The Morgan fingerprint density at radius 1 is 1.02 bits per heavy atom. The Hall–Kier alpha value is -4.30. The number of hydrogen-bond acceptors (Lipinski definition) is 8. The topological polar surface area (TPSA) is 108 Å². The maximum absolute atomic E-state index is 13.9. The van der Waals surface area contributed by atoms with E-state index in [9.17, 15) is 9.65 Å². The molecule has 2 aromatic carbocycles. The van der Waals surface area contributed by atoms with Crippen molar-refractivity contribution >= 4 is 51.2 Å². The molecule has 230 valence electrons. The van der Waals surface area contributed by atoms with Crippen molar-refractivity contribution in [1.82, 2.24) is 29.9 Å². The van der Waals surface area contributed by atoms with Crippen LogP contribution in [0, 0.1) is 17.1 Å². The Balaban J connectivity index is 1.37. The van der Waals surface area contributed by atoms with E-state index >= 15 is 0 Å². The van der Waals surface area contributed by atoms with Gasteiger partial charge in [0.05, 0.1) is 58.8 Å². The van der Waals surface area contributed by atoms with Crippen LogP contribution in [0.1, 0.15) is 62.5 Å². The summed E-state index contributed by atoms with van der Waals surface area (Å²) in [6, 6.07) is 14.4. The maximum atomic E-state index is 13.9. The first-order valence-electron chi connectivity index (χ1n) is 14.7. The first-order chi connectivity index (χ1) is 21.6. The van der Waals surface area contributed by atoms with Crippen molar-refractivity contribution in [2.45, 2.75) is 51.2 Å². The predicted molar refractivity (Wildman–Crippen MR) is 175 cm³/mol. The quantitative estimate of drug-likeness (QED) is 0.184. The lowest BCUT2D eigenvalue weighted by Gasteiger charge is -2.40. The van der Waals surface area contributed by atoms with Crippen LogP contribution in [0.4, 0.5) is 21.5 Å². The molecule has 4 heterocycles. The summed E-state index contributed by atoms with van der Waals surface area (Å²) in [5.41, 5.74) is 4.05. The Morgan fingerprint density at radius 3 is 2.47 bits per heavy atom. The molecule has 0 saturated carbocycles. The zero-order valence-electron chi connectivity index (χ0n) is 25.1. The summed E-state index contributed by atoms with van der Waals surface area (Å²) in [5.74, 6) is -0.504. The van der Waals surface area contributed by atoms with E-state index in [1.54, 1.807) is 12.1 Å². The SMILES string of the molecule is CC(C)(C)N1CCC(n2cc([C@@H](Nc3cc(Cl)cc4c(Nc5cncc(F)c5)c(C#N)cnc34)c3ccc(Cl)cc3)nn2)CC1. The van der Waals surface area contributed by atoms with Gasteiger partial charge in [0.15, 0.2) is 0 Å². The molecule has 1 atom stereocenters. The second kappa shape index (κ2) is 12.6. The highest BCUT2D eigenvalue weighted by atomic mass is 35.5. The highest BCUT2D eigenvalue weighted by molar-refractivity contribution is 6.32. The molecule has 0 unspecified atom stereocenters. The number of benzene rings is 2. The molecule has 2 N–H and O–H groups in total. The Labute approximate surface area is 271 Å². The summed E-state index contributed by atoms with van der Waals surface area (Å²) in [7, 11) is 0. The summed E-state index contributed by atoms with van der Waals surface area (Å²) >= 11 is 12.9. The average Bonchev–Trinajstić information content (AvgIpc) is 3.50. The number of anilines is 3. The maximum Gasteiger partial charge on any atom is 0.143 e. The summed E-state index contributed by atoms with van der Waals surface area (Å²) in [5, 5.41) is 27.4. The van der Waals surface area contributed by atoms with Crippen LogP contribution in [0.25, 0.3) is 10.9 Å². The van der Waals surface area contributed by atoms with Crippen molar-refractivity contribution < 1.29 is 4.39 Å². The molecule has 0 bridgehead atoms. The molecule has 1 saturated heterocycles. The summed E-state index contributed by atoms with van der Waals surface area (Å²) < 4.78 is 15.9. The van der Waals surface area contributed by atoms with Crippen LogP contribution in [0.15, 0.2) is 67.3 Å². The molecule has 0 radical (unpaired) electrons. The number of nitrogens with one attached hydrogen (secondary N) is 2. The van der Waals surface area contributed by atoms with Gasteiger partial charge in [-0.2, -0.15) is 5.26 Å². The van der Waals surface area contributed by atoms with E-state index < -0.39 is 11.9 Å². The van der Waals surface area contributed by atoms with Gasteiger partial charge < -0.3 is 10.6 Å². The third-order valence-electron chi connectivity index (χ3n) is 8.15. The molecule has 1 aliphatic heterocycles. The second-order valence-electron chi connectivity index (χ2n) is 12.2. The van der Waals surface area contributed by atoms with Crippen molar-refractivity contribution in [3.8, 4) is 6.07 Å². The number of piperidine rings is 1. The Bertz CT molecular complexity index is 1870. The lowest BCUT2D eigenvalue weighted by molar-refractivity contribution is 0.0866. The van der Waals surface area contributed by atoms with E-state index in [0.717, 1.165) is 43.4 Å². The molecule has 3 aromatic heterocycles. The van der Waals surface area contributed by atoms with Gasteiger partial charge in [-0.1, -0.05) is 40.5 Å². The third kappa shape index (κ3) is 6.71. The first-order valence-corrected chi connectivity index (χ1v) is 15.4. The lowest BCUT2D eigenvalue weighted by Crippen LogP contribution is -2.46. The van der Waals surface area contributed by atoms with Gasteiger partial charge in [-0.05, 0) is 63.4 Å². The molecule has 6 rings (SSSR count). The van der Waals surface area contributed by atoms with Gasteiger partial charge in [-0.15, -0.1) is 5.10 Å². The number of rotatable bonds is 7. The molecular formula is C33H32Cl2FN9. The van der Waals surface area contributed by atoms with Gasteiger partial charge >= 0.3 is 0 Å². The number of nitrogens with zero attached hydrogens (tertiary/aromatic N) is 7. The number of likely N-dealkylation sites (tertiary alicyclic amines) is 1. The highest BCUT2D eigenvalue weighted by Gasteiger charge is 2.29. The first kappa shape index (κ1) is 30.7. The Morgan fingerprint density at radius 2 is 1.78 bits per heavy atom. The number of nitriles is 1. The molecule has 0 spiro atoms. The van der Waals surface area contributed by atoms with Crippen molar-refractivity contribution in [3.63, 3.8) is 0 Å². The monoisotopic (exact) mass is 643 g/mol. The van der Waals surface area contributed by atoms with E-state index in [0.29, 0.717) is 38.0 Å². The minimum atomic E-state index is -0.504. The second-order valence-corrected chi connectivity index (χ2v) is 13.0. The molecule has 9 nitrogen and oxygen atoms in total. The van der Waals surface area contributed by atoms with E-state index in [4.69, 9.17) is 23.2 Å². The number of fused-ring (bicyclic) bond motifs is 1. The van der Waals surface area contributed by atoms with Crippen molar-refractivity contribution in [3.05, 3.63) is 99.9 Å². The van der Waals surface area contributed by atoms with E-state index in [2.05, 4.69) is 62.7 Å². The van der Waals surface area contributed by atoms with Gasteiger partial charge in [0.25, 0.3) is 0 Å². The molecule has 45 heavy (non-hydrogen) atoms. The van der Waals surface area contributed by atoms with Crippen LogP contribution < -0.4 is 10.6 Å². The zero-order chi connectivity index (χ0) is 31.7. The molecule has 0 amide bonds. The fourth-order valence-electron chi connectivity index (χ4n) is 5.76.